The van der Waals surface area contributed by atoms with E-state index in [9.17, 15) is 14.7 Å². The van der Waals surface area contributed by atoms with Crippen molar-refractivity contribution in [1.29, 1.82) is 0 Å². The van der Waals surface area contributed by atoms with E-state index in [0.717, 1.165) is 5.56 Å². The van der Waals surface area contributed by atoms with E-state index < -0.39 is 29.7 Å². The van der Waals surface area contributed by atoms with Crippen molar-refractivity contribution >= 4 is 35.1 Å². The lowest BCUT2D eigenvalue weighted by Gasteiger charge is -2.26. The largest absolute Gasteiger partial charge is 0.508 e. The molecule has 29 heavy (non-hydrogen) atoms. The van der Waals surface area contributed by atoms with Crippen LogP contribution in [0.25, 0.3) is 0 Å². The first-order valence-electron chi connectivity index (χ1n) is 8.88. The van der Waals surface area contributed by atoms with Crippen LogP contribution >= 0.6 is 23.2 Å². The number of phenols is 1. The van der Waals surface area contributed by atoms with Crippen LogP contribution in [0.5, 0.6) is 5.75 Å². The smallest absolute Gasteiger partial charge is 0.352 e. The first-order valence-corrected chi connectivity index (χ1v) is 9.64. The van der Waals surface area contributed by atoms with Gasteiger partial charge >= 0.3 is 11.9 Å². The molecule has 0 aliphatic rings. The molecule has 0 amide bonds. The van der Waals surface area contributed by atoms with Crippen molar-refractivity contribution in [2.75, 3.05) is 0 Å². The maximum absolute atomic E-state index is 12.7. The molecular formula is C21H23Cl2NO5. The van der Waals surface area contributed by atoms with Gasteiger partial charge in [-0.1, -0.05) is 41.4 Å². The lowest BCUT2D eigenvalue weighted by molar-refractivity contribution is -0.177. The summed E-state index contributed by atoms with van der Waals surface area (Å²) in [5.41, 5.74) is 6.00. The Balaban J connectivity index is 2.25. The molecule has 2 aromatic rings. The highest BCUT2D eigenvalue weighted by Gasteiger charge is 2.34. The third-order valence-corrected chi connectivity index (χ3v) is 4.47. The molecule has 0 aliphatic carbocycles. The van der Waals surface area contributed by atoms with Crippen molar-refractivity contribution < 1.29 is 24.2 Å². The van der Waals surface area contributed by atoms with E-state index in [2.05, 4.69) is 0 Å². The molecule has 0 fully saturated rings. The lowest BCUT2D eigenvalue weighted by atomic mass is 10.1. The highest BCUT2D eigenvalue weighted by Crippen LogP contribution is 2.34. The van der Waals surface area contributed by atoms with E-state index in [-0.39, 0.29) is 27.8 Å². The number of benzene rings is 2. The van der Waals surface area contributed by atoms with Crippen LogP contribution in [0, 0.1) is 0 Å². The average Bonchev–Trinajstić information content (AvgIpc) is 2.61. The Hall–Kier alpha value is -2.28. The number of ether oxygens (including phenoxy) is 2. The Morgan fingerprint density at radius 1 is 1.03 bits per heavy atom. The summed E-state index contributed by atoms with van der Waals surface area (Å²) in [6.07, 6.45) is -1.31. The van der Waals surface area contributed by atoms with Gasteiger partial charge in [-0.15, -0.1) is 0 Å². The van der Waals surface area contributed by atoms with Gasteiger partial charge < -0.3 is 20.3 Å². The number of carbonyl (C=O) groups excluding carboxylic acids is 2. The van der Waals surface area contributed by atoms with E-state index in [1.807, 2.05) is 0 Å². The van der Waals surface area contributed by atoms with Crippen LogP contribution in [0.3, 0.4) is 0 Å². The zero-order valence-electron chi connectivity index (χ0n) is 16.3. The Kier molecular flexibility index (Phi) is 7.52. The molecule has 0 radical (unpaired) electrons. The van der Waals surface area contributed by atoms with Gasteiger partial charge in [0.05, 0.1) is 0 Å². The fourth-order valence-corrected chi connectivity index (χ4v) is 3.11. The van der Waals surface area contributed by atoms with Crippen LogP contribution in [0.4, 0.5) is 0 Å². The summed E-state index contributed by atoms with van der Waals surface area (Å²) in [7, 11) is 0. The first kappa shape index (κ1) is 23.0. The molecule has 6 nitrogen and oxygen atoms in total. The summed E-state index contributed by atoms with van der Waals surface area (Å²) in [4.78, 5) is 25.3. The van der Waals surface area contributed by atoms with Crippen LogP contribution in [0.2, 0.25) is 10.0 Å². The molecule has 0 aromatic heterocycles. The van der Waals surface area contributed by atoms with E-state index in [0.29, 0.717) is 0 Å². The predicted octanol–water partition coefficient (Wildman–Crippen LogP) is 4.20. The highest BCUT2D eigenvalue weighted by molar-refractivity contribution is 6.36. The second-order valence-electron chi connectivity index (χ2n) is 7.46. The molecule has 2 rings (SSSR count). The molecule has 0 heterocycles. The molecule has 2 aromatic carbocycles. The molecule has 156 valence electrons. The summed E-state index contributed by atoms with van der Waals surface area (Å²) in [6, 6.07) is 9.87. The van der Waals surface area contributed by atoms with Gasteiger partial charge in [-0.05, 0) is 57.0 Å². The molecule has 3 N–H and O–H groups in total. The Labute approximate surface area is 179 Å². The number of carbonyl (C=O) groups is 2. The number of phenolic OH excluding ortho intramolecular Hbond substituents is 1. The molecule has 0 spiro atoms. The van der Waals surface area contributed by atoms with Gasteiger partial charge in [0.2, 0.25) is 6.10 Å². The zero-order valence-corrected chi connectivity index (χ0v) is 17.8. The highest BCUT2D eigenvalue weighted by atomic mass is 35.5. The van der Waals surface area contributed by atoms with Gasteiger partial charge in [-0.25, -0.2) is 4.79 Å². The molecule has 1 unspecified atom stereocenters. The van der Waals surface area contributed by atoms with Crippen molar-refractivity contribution in [3.8, 4) is 5.75 Å². The van der Waals surface area contributed by atoms with Crippen LogP contribution in [-0.4, -0.2) is 28.7 Å². The van der Waals surface area contributed by atoms with Crippen LogP contribution in [0.1, 0.15) is 38.0 Å². The maximum Gasteiger partial charge on any atom is 0.352 e. The minimum absolute atomic E-state index is 0.100. The first-order chi connectivity index (χ1) is 13.5. The second kappa shape index (κ2) is 9.48. The van der Waals surface area contributed by atoms with Crippen LogP contribution in [-0.2, 0) is 25.5 Å². The van der Waals surface area contributed by atoms with E-state index in [1.54, 1.807) is 39.0 Å². The van der Waals surface area contributed by atoms with Crippen LogP contribution < -0.4 is 5.73 Å². The topological polar surface area (TPSA) is 98.9 Å². The number of hydrogen-bond acceptors (Lipinski definition) is 6. The van der Waals surface area contributed by atoms with Gasteiger partial charge in [0.15, 0.2) is 0 Å². The van der Waals surface area contributed by atoms with Gasteiger partial charge in [0.1, 0.15) is 17.4 Å². The monoisotopic (exact) mass is 439 g/mol. The van der Waals surface area contributed by atoms with Crippen molar-refractivity contribution in [1.82, 2.24) is 0 Å². The van der Waals surface area contributed by atoms with Gasteiger partial charge in [-0.3, -0.25) is 4.79 Å². The summed E-state index contributed by atoms with van der Waals surface area (Å²) >= 11 is 12.4. The molecular weight excluding hydrogens is 417 g/mol. The molecule has 2 atom stereocenters. The molecule has 0 bridgehead atoms. The third-order valence-electron chi connectivity index (χ3n) is 3.81. The normalized spacial score (nSPS) is 13.4. The van der Waals surface area contributed by atoms with Crippen molar-refractivity contribution in [3.63, 3.8) is 0 Å². The summed E-state index contributed by atoms with van der Waals surface area (Å²) in [5, 5.41) is 9.67. The SMILES string of the molecule is CC(C)(C)OC(=O)C(OC(=O)[C@@H](N)Cc1ccc(O)cc1)c1c(Cl)cccc1Cl. The second-order valence-corrected chi connectivity index (χ2v) is 8.28. The molecule has 0 saturated heterocycles. The quantitative estimate of drug-likeness (QED) is 0.654. The number of nitrogens with two attached hydrogens (primary N) is 1. The number of esters is 2. The Bertz CT molecular complexity index is 857. The molecule has 8 heteroatoms. The number of rotatable bonds is 6. The van der Waals surface area contributed by atoms with Crippen molar-refractivity contribution in [3.05, 3.63) is 63.6 Å². The van der Waals surface area contributed by atoms with Gasteiger partial charge in [0, 0.05) is 15.6 Å². The minimum atomic E-state index is -1.46. The Morgan fingerprint density at radius 3 is 2.10 bits per heavy atom. The standard InChI is InChI=1S/C21H23Cl2NO5/c1-21(2,3)29-20(27)18(17-14(22)5-4-6-15(17)23)28-19(26)16(24)11-12-7-9-13(25)10-8-12/h4-10,16,18,25H,11,24H2,1-3H3/t16-,18?/m0/s1. The van der Waals surface area contributed by atoms with Gasteiger partial charge in [-0.2, -0.15) is 0 Å². The lowest BCUT2D eigenvalue weighted by Crippen LogP contribution is -2.38. The number of hydrogen-bond donors (Lipinski definition) is 2. The fourth-order valence-electron chi connectivity index (χ4n) is 2.51. The average molecular weight is 440 g/mol. The zero-order chi connectivity index (χ0) is 21.8. The van der Waals surface area contributed by atoms with Gasteiger partial charge in [0.25, 0.3) is 0 Å². The van der Waals surface area contributed by atoms with E-state index in [4.69, 9.17) is 38.4 Å². The maximum atomic E-state index is 12.7. The summed E-state index contributed by atoms with van der Waals surface area (Å²) in [5.74, 6) is -1.52. The summed E-state index contributed by atoms with van der Waals surface area (Å²) < 4.78 is 10.8. The molecule has 0 aliphatic heterocycles. The predicted molar refractivity (Wildman–Crippen MR) is 111 cm³/mol. The Morgan fingerprint density at radius 2 is 1.59 bits per heavy atom. The summed E-state index contributed by atoms with van der Waals surface area (Å²) in [6.45, 7) is 5.07. The number of aromatic hydroxyl groups is 1. The van der Waals surface area contributed by atoms with E-state index in [1.165, 1.54) is 24.3 Å². The minimum Gasteiger partial charge on any atom is -0.508 e. The van der Waals surface area contributed by atoms with Crippen LogP contribution in [0.15, 0.2) is 42.5 Å². The molecule has 0 saturated carbocycles. The number of halogens is 2. The van der Waals surface area contributed by atoms with Crippen molar-refractivity contribution in [2.45, 2.75) is 44.9 Å². The van der Waals surface area contributed by atoms with Crippen molar-refractivity contribution in [2.24, 2.45) is 5.73 Å². The van der Waals surface area contributed by atoms with E-state index >= 15 is 0 Å². The third kappa shape index (κ3) is 6.63. The fraction of sp³-hybridized carbons (Fsp3) is 0.333.